The van der Waals surface area contributed by atoms with Crippen molar-refractivity contribution < 1.29 is 14.3 Å². The molecule has 2 saturated heterocycles. The number of carbonyl (C=O) groups excluding carboxylic acids is 1. The van der Waals surface area contributed by atoms with Crippen LogP contribution < -0.4 is 9.47 Å². The Kier molecular flexibility index (Phi) is 5.23. The van der Waals surface area contributed by atoms with Gasteiger partial charge in [-0.25, -0.2) is 0 Å². The van der Waals surface area contributed by atoms with Crippen molar-refractivity contribution in [2.75, 3.05) is 26.3 Å². The molecule has 2 aliphatic rings. The van der Waals surface area contributed by atoms with Crippen molar-refractivity contribution >= 4 is 23.2 Å². The minimum Gasteiger partial charge on any atom is -0.490 e. The van der Waals surface area contributed by atoms with E-state index in [2.05, 4.69) is 4.90 Å². The van der Waals surface area contributed by atoms with E-state index in [1.165, 1.54) is 0 Å². The molecule has 130 valence electrons. The highest BCUT2D eigenvalue weighted by molar-refractivity contribution is 7.80. The van der Waals surface area contributed by atoms with Crippen molar-refractivity contribution in [2.24, 2.45) is 0 Å². The Labute approximate surface area is 148 Å². The van der Waals surface area contributed by atoms with E-state index in [4.69, 9.17) is 21.7 Å². The van der Waals surface area contributed by atoms with Gasteiger partial charge in [-0.1, -0.05) is 6.07 Å². The Morgan fingerprint density at radius 3 is 2.67 bits per heavy atom. The Hall–Kier alpha value is -1.82. The zero-order valence-electron chi connectivity index (χ0n) is 14.3. The van der Waals surface area contributed by atoms with E-state index in [9.17, 15) is 4.79 Å². The molecule has 0 aromatic heterocycles. The second-order valence-electron chi connectivity index (χ2n) is 6.02. The fourth-order valence-corrected chi connectivity index (χ4v) is 3.78. The maximum absolute atomic E-state index is 12.5. The van der Waals surface area contributed by atoms with Crippen LogP contribution in [0.1, 0.15) is 32.3 Å². The first-order valence-electron chi connectivity index (χ1n) is 8.66. The van der Waals surface area contributed by atoms with Crippen LogP contribution >= 0.6 is 12.2 Å². The number of thiocarbonyl (C=S) groups is 1. The van der Waals surface area contributed by atoms with Gasteiger partial charge in [0.2, 0.25) is 0 Å². The summed E-state index contributed by atoms with van der Waals surface area (Å²) in [5, 5.41) is 0.693. The first-order chi connectivity index (χ1) is 11.7. The first-order valence-corrected chi connectivity index (χ1v) is 9.07. The Morgan fingerprint density at radius 1 is 1.21 bits per heavy atom. The van der Waals surface area contributed by atoms with Crippen LogP contribution in [0.5, 0.6) is 11.5 Å². The number of carbonyl (C=O) groups is 1. The molecule has 3 rings (SSSR count). The zero-order chi connectivity index (χ0) is 17.1. The van der Waals surface area contributed by atoms with Gasteiger partial charge in [-0.3, -0.25) is 9.69 Å². The SMILES string of the molecule is CCOc1ccc(CCN2C(=O)[C@@H]3CCCN3C2=S)cc1OCC. The highest BCUT2D eigenvalue weighted by atomic mass is 32.1. The molecule has 0 radical (unpaired) electrons. The molecule has 0 saturated carbocycles. The van der Waals surface area contributed by atoms with Gasteiger partial charge in [0.1, 0.15) is 6.04 Å². The largest absolute Gasteiger partial charge is 0.490 e. The van der Waals surface area contributed by atoms with Gasteiger partial charge in [0.05, 0.1) is 13.2 Å². The molecule has 5 nitrogen and oxygen atoms in total. The van der Waals surface area contributed by atoms with Crippen LogP contribution in [0.4, 0.5) is 0 Å². The summed E-state index contributed by atoms with van der Waals surface area (Å²) in [7, 11) is 0. The number of amides is 1. The van der Waals surface area contributed by atoms with Crippen LogP contribution in [0, 0.1) is 0 Å². The van der Waals surface area contributed by atoms with Crippen LogP contribution in [-0.4, -0.2) is 53.2 Å². The molecule has 0 bridgehead atoms. The lowest BCUT2D eigenvalue weighted by molar-refractivity contribution is -0.127. The molecule has 1 amide bonds. The third-order valence-corrected chi connectivity index (χ3v) is 4.97. The van der Waals surface area contributed by atoms with E-state index in [1.54, 1.807) is 4.90 Å². The Bertz CT molecular complexity index is 613. The third-order valence-electron chi connectivity index (χ3n) is 4.51. The fraction of sp³-hybridized carbons (Fsp3) is 0.556. The molecule has 24 heavy (non-hydrogen) atoms. The maximum atomic E-state index is 12.5. The summed E-state index contributed by atoms with van der Waals surface area (Å²) in [4.78, 5) is 16.3. The molecule has 0 unspecified atom stereocenters. The molecule has 0 aliphatic carbocycles. The lowest BCUT2D eigenvalue weighted by Crippen LogP contribution is -2.34. The highest BCUT2D eigenvalue weighted by Gasteiger charge is 2.44. The van der Waals surface area contributed by atoms with E-state index in [0.717, 1.165) is 42.9 Å². The Morgan fingerprint density at radius 2 is 1.96 bits per heavy atom. The number of hydrogen-bond donors (Lipinski definition) is 0. The standard InChI is InChI=1S/C18H24N2O3S/c1-3-22-15-8-7-13(12-16(15)23-4-2)9-11-20-17(21)14-6-5-10-19(14)18(20)24/h7-8,12,14H,3-6,9-11H2,1-2H3/t14-/m0/s1. The van der Waals surface area contributed by atoms with Crippen LogP contribution in [-0.2, 0) is 11.2 Å². The monoisotopic (exact) mass is 348 g/mol. The lowest BCUT2D eigenvalue weighted by atomic mass is 10.1. The summed E-state index contributed by atoms with van der Waals surface area (Å²) in [5.74, 6) is 1.68. The van der Waals surface area contributed by atoms with Gasteiger partial charge in [-0.05, 0) is 63.0 Å². The molecular formula is C18H24N2O3S. The van der Waals surface area contributed by atoms with Gasteiger partial charge >= 0.3 is 0 Å². The molecule has 2 aliphatic heterocycles. The number of rotatable bonds is 7. The van der Waals surface area contributed by atoms with Crippen LogP contribution in [0.15, 0.2) is 18.2 Å². The number of nitrogens with zero attached hydrogens (tertiary/aromatic N) is 2. The van der Waals surface area contributed by atoms with Crippen molar-refractivity contribution in [1.82, 2.24) is 9.80 Å². The van der Waals surface area contributed by atoms with Crippen molar-refractivity contribution in [1.29, 1.82) is 0 Å². The zero-order valence-corrected chi connectivity index (χ0v) is 15.1. The average Bonchev–Trinajstić information content (AvgIpc) is 3.14. The summed E-state index contributed by atoms with van der Waals surface area (Å²) in [6.45, 7) is 6.63. The van der Waals surface area contributed by atoms with Gasteiger partial charge in [0.25, 0.3) is 5.91 Å². The number of fused-ring (bicyclic) bond motifs is 1. The summed E-state index contributed by atoms with van der Waals surface area (Å²) in [6.07, 6.45) is 2.73. The minimum atomic E-state index is -0.0168. The number of ether oxygens (including phenoxy) is 2. The van der Waals surface area contributed by atoms with Gasteiger partial charge in [0, 0.05) is 13.1 Å². The van der Waals surface area contributed by atoms with E-state index < -0.39 is 0 Å². The van der Waals surface area contributed by atoms with Gasteiger partial charge in [-0.2, -0.15) is 0 Å². The van der Waals surface area contributed by atoms with Gasteiger partial charge in [-0.15, -0.1) is 0 Å². The molecule has 1 aromatic carbocycles. The normalized spacial score (nSPS) is 19.8. The van der Waals surface area contributed by atoms with Crippen LogP contribution in [0.2, 0.25) is 0 Å². The van der Waals surface area contributed by atoms with Crippen molar-refractivity contribution in [3.05, 3.63) is 23.8 Å². The van der Waals surface area contributed by atoms with Crippen LogP contribution in [0.25, 0.3) is 0 Å². The van der Waals surface area contributed by atoms with Crippen molar-refractivity contribution in [2.45, 2.75) is 39.2 Å². The second-order valence-corrected chi connectivity index (χ2v) is 6.39. The van der Waals surface area contributed by atoms with Crippen molar-refractivity contribution in [3.63, 3.8) is 0 Å². The molecule has 0 spiro atoms. The topological polar surface area (TPSA) is 42.0 Å². The van der Waals surface area contributed by atoms with Crippen LogP contribution in [0.3, 0.4) is 0 Å². The fourth-order valence-electron chi connectivity index (χ4n) is 3.38. The molecule has 2 heterocycles. The Balaban J connectivity index is 1.67. The summed E-state index contributed by atoms with van der Waals surface area (Å²) >= 11 is 5.48. The van der Waals surface area contributed by atoms with Gasteiger partial charge < -0.3 is 14.4 Å². The van der Waals surface area contributed by atoms with Crippen molar-refractivity contribution in [3.8, 4) is 11.5 Å². The molecule has 0 N–H and O–H groups in total. The van der Waals surface area contributed by atoms with E-state index >= 15 is 0 Å². The molecule has 1 atom stereocenters. The number of hydrogen-bond acceptors (Lipinski definition) is 4. The predicted molar refractivity (Wildman–Crippen MR) is 96.5 cm³/mol. The minimum absolute atomic E-state index is 0.0168. The summed E-state index contributed by atoms with van der Waals surface area (Å²) in [5.41, 5.74) is 1.12. The first kappa shape index (κ1) is 17.0. The lowest BCUT2D eigenvalue weighted by Gasteiger charge is -2.19. The molecule has 1 aromatic rings. The van der Waals surface area contributed by atoms with E-state index in [-0.39, 0.29) is 11.9 Å². The summed E-state index contributed by atoms with van der Waals surface area (Å²) < 4.78 is 11.3. The number of benzene rings is 1. The second kappa shape index (κ2) is 7.38. The predicted octanol–water partition coefficient (Wildman–Crippen LogP) is 2.62. The average molecular weight is 348 g/mol. The van der Waals surface area contributed by atoms with Gasteiger partial charge in [0.15, 0.2) is 16.6 Å². The highest BCUT2D eigenvalue weighted by Crippen LogP contribution is 2.30. The maximum Gasteiger partial charge on any atom is 0.251 e. The van der Waals surface area contributed by atoms with E-state index in [0.29, 0.717) is 24.9 Å². The quantitative estimate of drug-likeness (QED) is 0.709. The smallest absolute Gasteiger partial charge is 0.251 e. The molecular weight excluding hydrogens is 324 g/mol. The van der Waals surface area contributed by atoms with E-state index in [1.807, 2.05) is 32.0 Å². The molecule has 2 fully saturated rings. The molecule has 6 heteroatoms. The third kappa shape index (κ3) is 3.20. The summed E-state index contributed by atoms with van der Waals surface area (Å²) in [6, 6.07) is 5.95.